The highest BCUT2D eigenvalue weighted by Crippen LogP contribution is 2.28. The first-order valence-electron chi connectivity index (χ1n) is 5.39. The Bertz CT molecular complexity index is 562. The highest BCUT2D eigenvalue weighted by Gasteiger charge is 2.12. The van der Waals surface area contributed by atoms with Crippen LogP contribution < -0.4 is 5.73 Å². The molecule has 0 spiro atoms. The summed E-state index contributed by atoms with van der Waals surface area (Å²) in [4.78, 5) is 4.00. The molecule has 0 aliphatic heterocycles. The third kappa shape index (κ3) is 3.02. The van der Waals surface area contributed by atoms with E-state index in [9.17, 15) is 5.11 Å². The Morgan fingerprint density at radius 1 is 1.39 bits per heavy atom. The van der Waals surface area contributed by atoms with Gasteiger partial charge in [0.25, 0.3) is 0 Å². The number of aliphatic hydroxyl groups is 1. The van der Waals surface area contributed by atoms with E-state index in [4.69, 9.17) is 17.3 Å². The van der Waals surface area contributed by atoms with Crippen molar-refractivity contribution in [3.63, 3.8) is 0 Å². The minimum Gasteiger partial charge on any atom is -0.398 e. The second-order valence-corrected chi connectivity index (χ2v) is 5.23. The Hall–Kier alpha value is -1.10. The van der Waals surface area contributed by atoms with Crippen LogP contribution in [0.15, 0.2) is 41.1 Å². The zero-order chi connectivity index (χ0) is 13.1. The number of benzene rings is 1. The van der Waals surface area contributed by atoms with E-state index in [1.165, 1.54) is 0 Å². The fourth-order valence-corrected chi connectivity index (χ4v) is 2.17. The second kappa shape index (κ2) is 5.69. The van der Waals surface area contributed by atoms with Gasteiger partial charge in [0.05, 0.1) is 11.1 Å². The van der Waals surface area contributed by atoms with Gasteiger partial charge in [0.15, 0.2) is 0 Å². The van der Waals surface area contributed by atoms with Crippen LogP contribution in [0, 0.1) is 0 Å². The van der Waals surface area contributed by atoms with E-state index in [0.717, 1.165) is 15.6 Å². The molecule has 2 aromatic rings. The summed E-state index contributed by atoms with van der Waals surface area (Å²) in [6, 6.07) is 7.07. The number of pyridine rings is 1. The monoisotopic (exact) mass is 326 g/mol. The van der Waals surface area contributed by atoms with Gasteiger partial charge >= 0.3 is 0 Å². The maximum Gasteiger partial charge on any atom is 0.0832 e. The van der Waals surface area contributed by atoms with Crippen molar-refractivity contribution in [3.05, 3.63) is 57.3 Å². The number of nitrogens with two attached hydrogens (primary N) is 1. The van der Waals surface area contributed by atoms with Crippen LogP contribution in [0.5, 0.6) is 0 Å². The number of hydrogen-bond acceptors (Lipinski definition) is 3. The first-order valence-corrected chi connectivity index (χ1v) is 6.56. The number of halogens is 2. The fourth-order valence-electron chi connectivity index (χ4n) is 1.65. The van der Waals surface area contributed by atoms with Crippen molar-refractivity contribution in [3.8, 4) is 0 Å². The summed E-state index contributed by atoms with van der Waals surface area (Å²) in [5.74, 6) is 0. The highest BCUT2D eigenvalue weighted by molar-refractivity contribution is 9.10. The van der Waals surface area contributed by atoms with Gasteiger partial charge in [0.2, 0.25) is 0 Å². The Kier molecular flexibility index (Phi) is 4.22. The lowest BCUT2D eigenvalue weighted by Gasteiger charge is -2.13. The average Bonchev–Trinajstić information content (AvgIpc) is 2.35. The number of hydrogen-bond donors (Lipinski definition) is 2. The standard InChI is InChI=1S/C13H12BrClN2O/c14-10-5-8(1-2-11(10)15)13(18)6-9-7-17-4-3-12(9)16/h1-5,7,13,18H,6H2,(H2,16,17). The van der Waals surface area contributed by atoms with Crippen LogP contribution in [0.25, 0.3) is 0 Å². The molecule has 3 nitrogen and oxygen atoms in total. The van der Waals surface area contributed by atoms with Gasteiger partial charge in [0, 0.05) is 29.0 Å². The van der Waals surface area contributed by atoms with Crippen LogP contribution >= 0.6 is 27.5 Å². The summed E-state index contributed by atoms with van der Waals surface area (Å²) < 4.78 is 0.764. The molecule has 0 aliphatic carbocycles. The zero-order valence-electron chi connectivity index (χ0n) is 9.48. The third-order valence-corrected chi connectivity index (χ3v) is 3.90. The molecule has 1 aromatic carbocycles. The van der Waals surface area contributed by atoms with Crippen LogP contribution in [0.3, 0.4) is 0 Å². The van der Waals surface area contributed by atoms with E-state index in [1.807, 2.05) is 0 Å². The summed E-state index contributed by atoms with van der Waals surface area (Å²) in [6.07, 6.45) is 3.09. The Morgan fingerprint density at radius 3 is 2.83 bits per heavy atom. The normalized spacial score (nSPS) is 12.4. The molecule has 0 saturated carbocycles. The molecule has 1 atom stereocenters. The molecule has 0 saturated heterocycles. The van der Waals surface area contributed by atoms with E-state index in [2.05, 4.69) is 20.9 Å². The van der Waals surface area contributed by atoms with Crippen LogP contribution in [-0.2, 0) is 6.42 Å². The maximum absolute atomic E-state index is 10.2. The average molecular weight is 328 g/mol. The number of aromatic nitrogens is 1. The summed E-state index contributed by atoms with van der Waals surface area (Å²) in [5.41, 5.74) is 8.07. The third-order valence-electron chi connectivity index (χ3n) is 2.68. The molecule has 5 heteroatoms. The van der Waals surface area contributed by atoms with Gasteiger partial charge in [-0.15, -0.1) is 0 Å². The quantitative estimate of drug-likeness (QED) is 0.909. The molecule has 18 heavy (non-hydrogen) atoms. The number of nitrogens with zero attached hydrogens (tertiary/aromatic N) is 1. The first kappa shape index (κ1) is 13.3. The minimum atomic E-state index is -0.634. The van der Waals surface area contributed by atoms with Crippen molar-refractivity contribution in [1.29, 1.82) is 0 Å². The van der Waals surface area contributed by atoms with Crippen LogP contribution in [0.1, 0.15) is 17.2 Å². The van der Waals surface area contributed by atoms with E-state index < -0.39 is 6.10 Å². The first-order chi connectivity index (χ1) is 8.58. The number of anilines is 1. The predicted octanol–water partition coefficient (Wildman–Crippen LogP) is 3.36. The number of aliphatic hydroxyl groups excluding tert-OH is 1. The van der Waals surface area contributed by atoms with Gasteiger partial charge in [-0.3, -0.25) is 4.98 Å². The van der Waals surface area contributed by atoms with Crippen molar-refractivity contribution < 1.29 is 5.11 Å². The molecule has 0 amide bonds. The molecule has 1 heterocycles. The Labute approximate surface area is 119 Å². The lowest BCUT2D eigenvalue weighted by atomic mass is 10.0. The van der Waals surface area contributed by atoms with Gasteiger partial charge < -0.3 is 10.8 Å². The second-order valence-electron chi connectivity index (χ2n) is 3.97. The molecule has 2 rings (SSSR count). The molecule has 1 aromatic heterocycles. The summed E-state index contributed by atoms with van der Waals surface area (Å²) in [5, 5.41) is 10.8. The molecule has 94 valence electrons. The summed E-state index contributed by atoms with van der Waals surface area (Å²) in [7, 11) is 0. The van der Waals surface area contributed by atoms with Crippen molar-refractivity contribution in [2.75, 3.05) is 5.73 Å². The van der Waals surface area contributed by atoms with Crippen LogP contribution in [0.2, 0.25) is 5.02 Å². The van der Waals surface area contributed by atoms with E-state index in [1.54, 1.807) is 36.7 Å². The molecule has 0 aliphatic rings. The van der Waals surface area contributed by atoms with E-state index in [-0.39, 0.29) is 0 Å². The molecule has 0 radical (unpaired) electrons. The summed E-state index contributed by atoms with van der Waals surface area (Å²) in [6.45, 7) is 0. The fraction of sp³-hybridized carbons (Fsp3) is 0.154. The van der Waals surface area contributed by atoms with Crippen molar-refractivity contribution in [2.24, 2.45) is 0 Å². The highest BCUT2D eigenvalue weighted by atomic mass is 79.9. The predicted molar refractivity (Wildman–Crippen MR) is 76.5 cm³/mol. The summed E-state index contributed by atoms with van der Waals surface area (Å²) >= 11 is 9.25. The van der Waals surface area contributed by atoms with Gasteiger partial charge in [-0.1, -0.05) is 17.7 Å². The smallest absolute Gasteiger partial charge is 0.0832 e. The van der Waals surface area contributed by atoms with E-state index >= 15 is 0 Å². The van der Waals surface area contributed by atoms with Crippen molar-refractivity contribution in [1.82, 2.24) is 4.98 Å². The minimum absolute atomic E-state index is 0.424. The number of nitrogen functional groups attached to an aromatic ring is 1. The molecule has 0 bridgehead atoms. The lowest BCUT2D eigenvalue weighted by Crippen LogP contribution is -2.04. The molecular weight excluding hydrogens is 316 g/mol. The largest absolute Gasteiger partial charge is 0.398 e. The lowest BCUT2D eigenvalue weighted by molar-refractivity contribution is 0.178. The van der Waals surface area contributed by atoms with Gasteiger partial charge in [0.1, 0.15) is 0 Å². The van der Waals surface area contributed by atoms with Gasteiger partial charge in [-0.25, -0.2) is 0 Å². The molecule has 3 N–H and O–H groups in total. The van der Waals surface area contributed by atoms with Gasteiger partial charge in [-0.05, 0) is 45.3 Å². The van der Waals surface area contributed by atoms with Crippen LogP contribution in [-0.4, -0.2) is 10.1 Å². The maximum atomic E-state index is 10.2. The molecule has 0 fully saturated rings. The zero-order valence-corrected chi connectivity index (χ0v) is 11.8. The van der Waals surface area contributed by atoms with Crippen LogP contribution in [0.4, 0.5) is 5.69 Å². The Morgan fingerprint density at radius 2 is 2.17 bits per heavy atom. The molecular formula is C13H12BrClN2O. The van der Waals surface area contributed by atoms with Crippen molar-refractivity contribution in [2.45, 2.75) is 12.5 Å². The SMILES string of the molecule is Nc1ccncc1CC(O)c1ccc(Cl)c(Br)c1. The van der Waals surface area contributed by atoms with Gasteiger partial charge in [-0.2, -0.15) is 0 Å². The molecule has 1 unspecified atom stereocenters. The van der Waals surface area contributed by atoms with Crippen molar-refractivity contribution >= 4 is 33.2 Å². The Balaban J connectivity index is 2.19. The van der Waals surface area contributed by atoms with E-state index in [0.29, 0.717) is 17.1 Å². The number of rotatable bonds is 3. The topological polar surface area (TPSA) is 59.1 Å².